The molecule has 0 saturated carbocycles. The van der Waals surface area contributed by atoms with E-state index in [1.54, 1.807) is 0 Å². The largest absolute Gasteiger partial charge is 0.315 e. The highest BCUT2D eigenvalue weighted by Gasteiger charge is 2.38. The Kier molecular flexibility index (Phi) is 3.61. The fraction of sp³-hybridized carbons (Fsp3) is 0.250. The van der Waals surface area contributed by atoms with Crippen LogP contribution in [0.4, 0.5) is 8.78 Å². The van der Waals surface area contributed by atoms with Crippen LogP contribution in [0.2, 0.25) is 0 Å². The fourth-order valence-electron chi connectivity index (χ4n) is 2.77. The zero-order valence-corrected chi connectivity index (χ0v) is 12.4. The van der Waals surface area contributed by atoms with Crippen molar-refractivity contribution >= 4 is 15.9 Å². The van der Waals surface area contributed by atoms with Crippen LogP contribution < -0.4 is 5.32 Å². The lowest BCUT2D eigenvalue weighted by Crippen LogP contribution is -2.58. The Bertz CT molecular complexity index is 601. The van der Waals surface area contributed by atoms with Crippen molar-refractivity contribution in [3.8, 4) is 0 Å². The van der Waals surface area contributed by atoms with Crippen molar-refractivity contribution in [3.05, 3.63) is 69.7 Å². The standard InChI is InChI=1S/C16H14BrF2N/c17-13-3-1-12(2-4-13)16(9-20-10-16)8-11-5-14(18)7-15(19)6-11/h1-7,20H,8-10H2. The highest BCUT2D eigenvalue weighted by molar-refractivity contribution is 9.10. The van der Waals surface area contributed by atoms with Gasteiger partial charge in [0.2, 0.25) is 0 Å². The van der Waals surface area contributed by atoms with E-state index < -0.39 is 11.6 Å². The molecule has 104 valence electrons. The number of rotatable bonds is 3. The van der Waals surface area contributed by atoms with Gasteiger partial charge >= 0.3 is 0 Å². The molecule has 1 heterocycles. The van der Waals surface area contributed by atoms with E-state index in [0.717, 1.165) is 23.6 Å². The maximum atomic E-state index is 13.3. The molecule has 2 aromatic rings. The van der Waals surface area contributed by atoms with Crippen LogP contribution in [0.15, 0.2) is 46.9 Å². The van der Waals surface area contributed by atoms with Crippen molar-refractivity contribution in [3.63, 3.8) is 0 Å². The molecular formula is C16H14BrF2N. The summed E-state index contributed by atoms with van der Waals surface area (Å²) in [7, 11) is 0. The SMILES string of the molecule is Fc1cc(F)cc(CC2(c3ccc(Br)cc3)CNC2)c1. The lowest BCUT2D eigenvalue weighted by molar-refractivity contribution is 0.274. The van der Waals surface area contributed by atoms with Crippen molar-refractivity contribution in [2.75, 3.05) is 13.1 Å². The lowest BCUT2D eigenvalue weighted by atomic mass is 9.71. The van der Waals surface area contributed by atoms with Gasteiger partial charge in [0.15, 0.2) is 0 Å². The molecule has 0 unspecified atom stereocenters. The molecule has 0 spiro atoms. The number of hydrogen-bond donors (Lipinski definition) is 1. The van der Waals surface area contributed by atoms with E-state index in [2.05, 4.69) is 33.4 Å². The van der Waals surface area contributed by atoms with Gasteiger partial charge in [-0.15, -0.1) is 0 Å². The van der Waals surface area contributed by atoms with Gasteiger partial charge in [-0.2, -0.15) is 0 Å². The molecule has 1 aliphatic rings. The highest BCUT2D eigenvalue weighted by atomic mass is 79.9. The van der Waals surface area contributed by atoms with Gasteiger partial charge < -0.3 is 5.32 Å². The van der Waals surface area contributed by atoms with Gasteiger partial charge in [0.1, 0.15) is 11.6 Å². The first-order valence-electron chi connectivity index (χ1n) is 6.49. The third kappa shape index (κ3) is 2.63. The lowest BCUT2D eigenvalue weighted by Gasteiger charge is -2.43. The van der Waals surface area contributed by atoms with Crippen molar-refractivity contribution in [1.29, 1.82) is 0 Å². The van der Waals surface area contributed by atoms with Crippen LogP contribution in [0.5, 0.6) is 0 Å². The van der Waals surface area contributed by atoms with E-state index in [0.29, 0.717) is 12.0 Å². The molecule has 0 aromatic heterocycles. The van der Waals surface area contributed by atoms with Crippen molar-refractivity contribution < 1.29 is 8.78 Å². The molecule has 4 heteroatoms. The summed E-state index contributed by atoms with van der Waals surface area (Å²) in [5, 5.41) is 3.27. The molecule has 0 amide bonds. The number of hydrogen-bond acceptors (Lipinski definition) is 1. The highest BCUT2D eigenvalue weighted by Crippen LogP contribution is 2.33. The molecular weight excluding hydrogens is 324 g/mol. The first-order chi connectivity index (χ1) is 9.57. The van der Waals surface area contributed by atoms with Crippen LogP contribution in [0, 0.1) is 11.6 Å². The quantitative estimate of drug-likeness (QED) is 0.897. The summed E-state index contributed by atoms with van der Waals surface area (Å²) in [6.45, 7) is 1.65. The summed E-state index contributed by atoms with van der Waals surface area (Å²) in [4.78, 5) is 0. The topological polar surface area (TPSA) is 12.0 Å². The minimum atomic E-state index is -0.516. The minimum absolute atomic E-state index is 0.0685. The van der Waals surface area contributed by atoms with Crippen molar-refractivity contribution in [2.45, 2.75) is 11.8 Å². The first kappa shape index (κ1) is 13.7. The van der Waals surface area contributed by atoms with Crippen molar-refractivity contribution in [1.82, 2.24) is 5.32 Å². The summed E-state index contributed by atoms with van der Waals surface area (Å²) >= 11 is 3.42. The van der Waals surface area contributed by atoms with Gasteiger partial charge in [-0.25, -0.2) is 8.78 Å². The second-order valence-electron chi connectivity index (χ2n) is 5.35. The fourth-order valence-corrected chi connectivity index (χ4v) is 3.03. The number of nitrogens with one attached hydrogen (secondary N) is 1. The molecule has 20 heavy (non-hydrogen) atoms. The van der Waals surface area contributed by atoms with Crippen molar-refractivity contribution in [2.24, 2.45) is 0 Å². The van der Waals surface area contributed by atoms with Crippen LogP contribution in [0.1, 0.15) is 11.1 Å². The molecule has 1 saturated heterocycles. The average Bonchev–Trinajstić information content (AvgIpc) is 2.34. The van der Waals surface area contributed by atoms with E-state index in [4.69, 9.17) is 0 Å². The number of halogens is 3. The Morgan fingerprint density at radius 2 is 1.60 bits per heavy atom. The van der Waals surface area contributed by atoms with E-state index in [1.165, 1.54) is 17.7 Å². The summed E-state index contributed by atoms with van der Waals surface area (Å²) < 4.78 is 27.7. The first-order valence-corrected chi connectivity index (χ1v) is 7.28. The van der Waals surface area contributed by atoms with E-state index in [-0.39, 0.29) is 5.41 Å². The predicted molar refractivity (Wildman–Crippen MR) is 78.8 cm³/mol. The van der Waals surface area contributed by atoms with Crippen LogP contribution in [0.3, 0.4) is 0 Å². The van der Waals surface area contributed by atoms with Crippen LogP contribution in [0.25, 0.3) is 0 Å². The predicted octanol–water partition coefficient (Wildman–Crippen LogP) is 3.81. The molecule has 1 aliphatic heterocycles. The summed E-state index contributed by atoms with van der Waals surface area (Å²) in [5.74, 6) is -1.03. The summed E-state index contributed by atoms with van der Waals surface area (Å²) in [6, 6.07) is 11.9. The Balaban J connectivity index is 1.91. The van der Waals surface area contributed by atoms with Gasteiger partial charge in [-0.1, -0.05) is 28.1 Å². The summed E-state index contributed by atoms with van der Waals surface area (Å²) in [5.41, 5.74) is 1.83. The second kappa shape index (κ2) is 5.26. The molecule has 0 radical (unpaired) electrons. The molecule has 0 aliphatic carbocycles. The van der Waals surface area contributed by atoms with E-state index in [1.807, 2.05) is 12.1 Å². The molecule has 1 nitrogen and oxygen atoms in total. The Labute approximate surface area is 125 Å². The molecule has 1 fully saturated rings. The minimum Gasteiger partial charge on any atom is -0.315 e. The van der Waals surface area contributed by atoms with Gasteiger partial charge in [-0.05, 0) is 41.8 Å². The monoisotopic (exact) mass is 337 g/mol. The van der Waals surface area contributed by atoms with Gasteiger partial charge in [-0.3, -0.25) is 0 Å². The van der Waals surface area contributed by atoms with Crippen LogP contribution >= 0.6 is 15.9 Å². The molecule has 2 aromatic carbocycles. The van der Waals surface area contributed by atoms with E-state index in [9.17, 15) is 8.78 Å². The molecule has 1 N–H and O–H groups in total. The zero-order valence-electron chi connectivity index (χ0n) is 10.8. The normalized spacial score (nSPS) is 16.8. The third-order valence-corrected chi connectivity index (χ3v) is 4.38. The van der Waals surface area contributed by atoms with Crippen LogP contribution in [-0.2, 0) is 11.8 Å². The zero-order chi connectivity index (χ0) is 14.2. The number of benzene rings is 2. The van der Waals surface area contributed by atoms with Crippen LogP contribution in [-0.4, -0.2) is 13.1 Å². The average molecular weight is 338 g/mol. The molecule has 0 bridgehead atoms. The Morgan fingerprint density at radius 1 is 1.00 bits per heavy atom. The molecule has 0 atom stereocenters. The molecule has 3 rings (SSSR count). The smallest absolute Gasteiger partial charge is 0.126 e. The Morgan fingerprint density at radius 3 is 2.10 bits per heavy atom. The van der Waals surface area contributed by atoms with Gasteiger partial charge in [0.05, 0.1) is 0 Å². The maximum absolute atomic E-state index is 13.3. The third-order valence-electron chi connectivity index (χ3n) is 3.85. The Hall–Kier alpha value is -1.26. The summed E-state index contributed by atoms with van der Waals surface area (Å²) in [6.07, 6.45) is 0.635. The second-order valence-corrected chi connectivity index (χ2v) is 6.26. The van der Waals surface area contributed by atoms with Gasteiger partial charge in [0.25, 0.3) is 0 Å². The maximum Gasteiger partial charge on any atom is 0.126 e. The van der Waals surface area contributed by atoms with Gasteiger partial charge in [0, 0.05) is 29.0 Å². The van der Waals surface area contributed by atoms with E-state index >= 15 is 0 Å².